The van der Waals surface area contributed by atoms with E-state index in [4.69, 9.17) is 0 Å². The molecule has 150 valence electrons. The zero-order valence-corrected chi connectivity index (χ0v) is 16.1. The molecular formula is C19H19F3N2O3S. The number of sulfonamides is 1. The molecule has 1 unspecified atom stereocenters. The number of nitrogens with one attached hydrogen (secondary N) is 1. The maximum Gasteiger partial charge on any atom is 0.416 e. The van der Waals surface area contributed by atoms with E-state index in [2.05, 4.69) is 5.32 Å². The summed E-state index contributed by atoms with van der Waals surface area (Å²) >= 11 is 0. The Morgan fingerprint density at radius 2 is 1.79 bits per heavy atom. The van der Waals surface area contributed by atoms with Crippen LogP contribution in [-0.4, -0.2) is 27.1 Å². The summed E-state index contributed by atoms with van der Waals surface area (Å²) in [6, 6.07) is 8.92. The normalized spacial score (nSPS) is 15.2. The lowest BCUT2D eigenvalue weighted by Gasteiger charge is -2.17. The summed E-state index contributed by atoms with van der Waals surface area (Å²) < 4.78 is 62.8. The molecule has 0 aliphatic carbocycles. The van der Waals surface area contributed by atoms with Gasteiger partial charge < -0.3 is 5.32 Å². The maximum absolute atomic E-state index is 12.7. The summed E-state index contributed by atoms with van der Waals surface area (Å²) in [5, 5.41) is 2.75. The highest BCUT2D eigenvalue weighted by molar-refractivity contribution is 7.92. The molecule has 1 aliphatic rings. The highest BCUT2D eigenvalue weighted by Crippen LogP contribution is 2.31. The highest BCUT2D eigenvalue weighted by Gasteiger charge is 2.30. The molecule has 3 rings (SSSR count). The van der Waals surface area contributed by atoms with Gasteiger partial charge in [0, 0.05) is 12.1 Å². The van der Waals surface area contributed by atoms with Crippen LogP contribution in [0.4, 0.5) is 18.9 Å². The molecule has 1 heterocycles. The van der Waals surface area contributed by atoms with Gasteiger partial charge in [0.05, 0.1) is 23.5 Å². The molecule has 5 nitrogen and oxygen atoms in total. The largest absolute Gasteiger partial charge is 0.416 e. The van der Waals surface area contributed by atoms with Crippen molar-refractivity contribution in [2.75, 3.05) is 17.1 Å². The van der Waals surface area contributed by atoms with Crippen LogP contribution in [0.3, 0.4) is 0 Å². The summed E-state index contributed by atoms with van der Waals surface area (Å²) in [6.07, 6.45) is -2.76. The van der Waals surface area contributed by atoms with Gasteiger partial charge in [0.2, 0.25) is 10.0 Å². The standard InChI is InChI=1S/C19H19F3N2O3S/c1-12(13-3-6-16(7-4-13)19(20,21)22)23-18(25)15-5-8-17-14(11-15)9-10-24(17)28(2,26)27/h3-8,11-12H,9-10H2,1-2H3,(H,23,25). The highest BCUT2D eigenvalue weighted by atomic mass is 32.2. The molecule has 1 N–H and O–H groups in total. The first-order valence-corrected chi connectivity index (χ1v) is 10.4. The number of hydrogen-bond donors (Lipinski definition) is 1. The molecule has 0 saturated carbocycles. The number of fused-ring (bicyclic) bond motifs is 1. The van der Waals surface area contributed by atoms with E-state index >= 15 is 0 Å². The fourth-order valence-corrected chi connectivity index (χ4v) is 4.14. The van der Waals surface area contributed by atoms with E-state index in [0.717, 1.165) is 24.0 Å². The van der Waals surface area contributed by atoms with Crippen LogP contribution >= 0.6 is 0 Å². The van der Waals surface area contributed by atoms with Crippen molar-refractivity contribution in [3.63, 3.8) is 0 Å². The Morgan fingerprint density at radius 3 is 2.36 bits per heavy atom. The molecule has 0 fully saturated rings. The van der Waals surface area contributed by atoms with Crippen molar-refractivity contribution in [2.45, 2.75) is 25.6 Å². The molecule has 0 aromatic heterocycles. The first-order valence-electron chi connectivity index (χ1n) is 8.55. The summed E-state index contributed by atoms with van der Waals surface area (Å²) in [5.74, 6) is -0.381. The smallest absolute Gasteiger partial charge is 0.346 e. The number of alkyl halides is 3. The number of anilines is 1. The molecular weight excluding hydrogens is 393 g/mol. The first-order chi connectivity index (χ1) is 13.0. The van der Waals surface area contributed by atoms with Crippen molar-refractivity contribution in [2.24, 2.45) is 0 Å². The van der Waals surface area contributed by atoms with Crippen molar-refractivity contribution >= 4 is 21.6 Å². The molecule has 9 heteroatoms. The fourth-order valence-electron chi connectivity index (χ4n) is 3.18. The van der Waals surface area contributed by atoms with E-state index in [1.807, 2.05) is 0 Å². The van der Waals surface area contributed by atoms with Crippen LogP contribution in [0.5, 0.6) is 0 Å². The fraction of sp³-hybridized carbons (Fsp3) is 0.316. The van der Waals surface area contributed by atoms with E-state index in [-0.39, 0.29) is 5.91 Å². The lowest BCUT2D eigenvalue weighted by Crippen LogP contribution is -2.28. The van der Waals surface area contributed by atoms with E-state index in [0.29, 0.717) is 29.8 Å². The van der Waals surface area contributed by atoms with Gasteiger partial charge in [-0.1, -0.05) is 12.1 Å². The van der Waals surface area contributed by atoms with Gasteiger partial charge in [-0.25, -0.2) is 8.42 Å². The number of hydrogen-bond acceptors (Lipinski definition) is 3. The minimum Gasteiger partial charge on any atom is -0.346 e. The first kappa shape index (κ1) is 20.2. The third-order valence-corrected chi connectivity index (χ3v) is 5.86. The van der Waals surface area contributed by atoms with Crippen LogP contribution in [0.25, 0.3) is 0 Å². The molecule has 0 saturated heterocycles. The van der Waals surface area contributed by atoms with E-state index in [1.54, 1.807) is 19.1 Å². The van der Waals surface area contributed by atoms with Crippen LogP contribution in [0, 0.1) is 0 Å². The second kappa shape index (κ2) is 7.12. The van der Waals surface area contributed by atoms with Gasteiger partial charge in [0.1, 0.15) is 0 Å². The number of halogens is 3. The lowest BCUT2D eigenvalue weighted by atomic mass is 10.0. The van der Waals surface area contributed by atoms with Crippen LogP contribution in [-0.2, 0) is 22.6 Å². The van der Waals surface area contributed by atoms with Crippen molar-refractivity contribution < 1.29 is 26.4 Å². The topological polar surface area (TPSA) is 66.5 Å². The predicted octanol–water partition coefficient (Wildman–Crippen LogP) is 3.52. The van der Waals surface area contributed by atoms with E-state index in [9.17, 15) is 26.4 Å². The summed E-state index contributed by atoms with van der Waals surface area (Å²) in [4.78, 5) is 12.5. The second-order valence-corrected chi connectivity index (χ2v) is 8.65. The second-order valence-electron chi connectivity index (χ2n) is 6.74. The Bertz CT molecular complexity index is 1000. The van der Waals surface area contributed by atoms with Gasteiger partial charge in [0.15, 0.2) is 0 Å². The average molecular weight is 412 g/mol. The van der Waals surface area contributed by atoms with Gasteiger partial charge in [-0.05, 0) is 54.8 Å². The molecule has 1 aliphatic heterocycles. The third kappa shape index (κ3) is 4.14. The molecule has 1 amide bonds. The van der Waals surface area contributed by atoms with Crippen molar-refractivity contribution in [1.82, 2.24) is 5.32 Å². The van der Waals surface area contributed by atoms with E-state index in [1.165, 1.54) is 22.5 Å². The van der Waals surface area contributed by atoms with Gasteiger partial charge in [-0.3, -0.25) is 9.10 Å². The van der Waals surface area contributed by atoms with Gasteiger partial charge in [-0.15, -0.1) is 0 Å². The monoisotopic (exact) mass is 412 g/mol. The molecule has 0 bridgehead atoms. The average Bonchev–Trinajstić information content (AvgIpc) is 3.04. The molecule has 1 atom stereocenters. The number of amides is 1. The summed E-state index contributed by atoms with van der Waals surface area (Å²) in [6.45, 7) is 2.01. The van der Waals surface area contributed by atoms with Crippen LogP contribution in [0.15, 0.2) is 42.5 Å². The lowest BCUT2D eigenvalue weighted by molar-refractivity contribution is -0.137. The molecule has 0 radical (unpaired) electrons. The molecule has 0 spiro atoms. The Kier molecular flexibility index (Phi) is 5.14. The van der Waals surface area contributed by atoms with Crippen LogP contribution in [0.1, 0.15) is 40.0 Å². The molecule has 28 heavy (non-hydrogen) atoms. The van der Waals surface area contributed by atoms with Crippen LogP contribution in [0.2, 0.25) is 0 Å². The predicted molar refractivity (Wildman–Crippen MR) is 99.7 cm³/mol. The zero-order chi connectivity index (χ0) is 20.7. The Balaban J connectivity index is 1.73. The van der Waals surface area contributed by atoms with Crippen LogP contribution < -0.4 is 9.62 Å². The summed E-state index contributed by atoms with van der Waals surface area (Å²) in [7, 11) is -3.37. The minimum atomic E-state index is -4.41. The Hall–Kier alpha value is -2.55. The zero-order valence-electron chi connectivity index (χ0n) is 15.2. The van der Waals surface area contributed by atoms with Crippen molar-refractivity contribution in [1.29, 1.82) is 0 Å². The van der Waals surface area contributed by atoms with Crippen molar-refractivity contribution in [3.8, 4) is 0 Å². The number of carbonyl (C=O) groups is 1. The Labute approximate surface area is 161 Å². The van der Waals surface area contributed by atoms with Gasteiger partial charge in [0.25, 0.3) is 5.91 Å². The molecule has 2 aromatic rings. The molecule has 2 aromatic carbocycles. The third-order valence-electron chi connectivity index (χ3n) is 4.68. The van der Waals surface area contributed by atoms with Crippen molar-refractivity contribution in [3.05, 3.63) is 64.7 Å². The SMILES string of the molecule is CC(NC(=O)c1ccc2c(c1)CCN2S(C)(=O)=O)c1ccc(C(F)(F)F)cc1. The van der Waals surface area contributed by atoms with Gasteiger partial charge in [-0.2, -0.15) is 13.2 Å². The number of benzene rings is 2. The number of nitrogens with zero attached hydrogens (tertiary/aromatic N) is 1. The van der Waals surface area contributed by atoms with Gasteiger partial charge >= 0.3 is 6.18 Å². The maximum atomic E-state index is 12.7. The quantitative estimate of drug-likeness (QED) is 0.836. The Morgan fingerprint density at radius 1 is 1.14 bits per heavy atom. The van der Waals surface area contributed by atoms with E-state index < -0.39 is 27.8 Å². The number of carbonyl (C=O) groups excluding carboxylic acids is 1. The number of rotatable bonds is 4. The summed E-state index contributed by atoms with van der Waals surface area (Å²) in [5.41, 5.74) is 1.50. The minimum absolute atomic E-state index is 0.335.